The maximum atomic E-state index is 3.46. The van der Waals surface area contributed by atoms with Crippen molar-refractivity contribution >= 4 is 14.9 Å². The molecule has 2 rings (SSSR count). The van der Waals surface area contributed by atoms with Crippen LogP contribution in [0.4, 0.5) is 0 Å². The van der Waals surface area contributed by atoms with Crippen molar-refractivity contribution in [2.45, 2.75) is 32.5 Å². The van der Waals surface area contributed by atoms with Crippen molar-refractivity contribution < 1.29 is 21.7 Å². The maximum Gasteiger partial charge on any atom is 0.0551 e. The molecule has 0 N–H and O–H groups in total. The van der Waals surface area contributed by atoms with Crippen LogP contribution in [0.1, 0.15) is 30.5 Å². The molecule has 0 heterocycles. The fourth-order valence-electron chi connectivity index (χ4n) is 2.38. The summed E-state index contributed by atoms with van der Waals surface area (Å²) >= 11 is 0. The minimum Gasteiger partial charge on any atom is -0.0991 e. The van der Waals surface area contributed by atoms with Crippen LogP contribution in [0.2, 0.25) is 13.1 Å². The Kier molecular flexibility index (Phi) is 8.99. The zero-order valence-electron chi connectivity index (χ0n) is 12.4. The molecule has 0 saturated carbocycles. The molecule has 1 aliphatic carbocycles. The van der Waals surface area contributed by atoms with Crippen LogP contribution in [-0.2, 0) is 21.7 Å². The molecule has 2 heteroatoms. The van der Waals surface area contributed by atoms with Crippen LogP contribution < -0.4 is 0 Å². The number of hydrogen-bond donors (Lipinski definition) is 0. The van der Waals surface area contributed by atoms with Crippen LogP contribution in [0.5, 0.6) is 0 Å². The fraction of sp³-hybridized carbons (Fsp3) is 0.294. The normalized spacial score (nSPS) is 16.3. The summed E-state index contributed by atoms with van der Waals surface area (Å²) < 4.78 is 0. The predicted molar refractivity (Wildman–Crippen MR) is 85.3 cm³/mol. The molecule has 0 aromatic heterocycles. The van der Waals surface area contributed by atoms with Crippen molar-refractivity contribution in [1.82, 2.24) is 0 Å². The molecule has 1 aromatic carbocycles. The van der Waals surface area contributed by atoms with Gasteiger partial charge in [0.15, 0.2) is 0 Å². The molecule has 1 radical (unpaired) electrons. The first-order valence-electron chi connectivity index (χ1n) is 6.42. The summed E-state index contributed by atoms with van der Waals surface area (Å²) in [5, 5.41) is 0. The van der Waals surface area contributed by atoms with E-state index in [0.29, 0.717) is 0 Å². The molecule has 1 atom stereocenters. The van der Waals surface area contributed by atoms with Gasteiger partial charge in [-0.3, -0.25) is 0 Å². The predicted octanol–water partition coefficient (Wildman–Crippen LogP) is 5.23. The molecule has 1 aromatic rings. The van der Waals surface area contributed by atoms with E-state index in [2.05, 4.69) is 56.9 Å². The van der Waals surface area contributed by atoms with E-state index in [1.54, 1.807) is 17.2 Å². The monoisotopic (exact) mass is 303 g/mol. The largest absolute Gasteiger partial charge is 0.0991 e. The van der Waals surface area contributed by atoms with Gasteiger partial charge in [-0.05, 0) is 30.5 Å². The first kappa shape index (κ1) is 18.4. The topological polar surface area (TPSA) is 0 Å². The fourth-order valence-corrected chi connectivity index (χ4v) is 4.26. The van der Waals surface area contributed by atoms with E-state index >= 15 is 0 Å². The second-order valence-corrected chi connectivity index (χ2v) is 7.52. The molecule has 0 bridgehead atoms. The molecule has 1 unspecified atom stereocenters. The quantitative estimate of drug-likeness (QED) is 0.518. The third kappa shape index (κ3) is 5.10. The summed E-state index contributed by atoms with van der Waals surface area (Å²) in [6.45, 7) is 12.5. The zero-order chi connectivity index (χ0) is 13.5. The van der Waals surface area contributed by atoms with Gasteiger partial charge in [-0.2, -0.15) is 0 Å². The summed E-state index contributed by atoms with van der Waals surface area (Å²) in [5.74, 6) is 0. The molecule has 0 spiro atoms. The van der Waals surface area contributed by atoms with Gasteiger partial charge in [-0.1, -0.05) is 73.8 Å². The first-order valence-corrected chi connectivity index (χ1v) is 9.00. The van der Waals surface area contributed by atoms with Gasteiger partial charge < -0.3 is 0 Å². The van der Waals surface area contributed by atoms with E-state index in [1.165, 1.54) is 5.56 Å². The molecule has 1 aliphatic rings. The van der Waals surface area contributed by atoms with E-state index in [-0.39, 0.29) is 30.5 Å². The Hall–Kier alpha value is -0.629. The average Bonchev–Trinajstić information content (AvgIpc) is 2.66. The van der Waals surface area contributed by atoms with Crippen LogP contribution in [0, 0.1) is 0 Å². The Bertz CT molecular complexity index is 458. The second-order valence-electron chi connectivity index (χ2n) is 4.79. The van der Waals surface area contributed by atoms with Gasteiger partial charge in [-0.15, -0.1) is 0 Å². The standard InChI is InChI=1S/C12H15Si.C5H8.Ti/c1-9-8-10-6-4-5-7-11(10)12(9)13(2)3;1-3-5-4-2;/h4-8,12H,1-3H3;3-5H,1H2,2H3;. The summed E-state index contributed by atoms with van der Waals surface area (Å²) in [7, 11) is -0.241. The Morgan fingerprint density at radius 2 is 1.84 bits per heavy atom. The van der Waals surface area contributed by atoms with Gasteiger partial charge in [0.05, 0.1) is 8.80 Å². The number of fused-ring (bicyclic) bond motifs is 1. The minimum absolute atomic E-state index is 0. The third-order valence-electron chi connectivity index (χ3n) is 3.05. The SMILES string of the molecule is C=CC=CC.CC1=Cc2ccccc2C1[Si](C)C.[Ti]. The molecule has 0 aliphatic heterocycles. The molecular weight excluding hydrogens is 280 g/mol. The summed E-state index contributed by atoms with van der Waals surface area (Å²) in [5.41, 5.74) is 5.30. The van der Waals surface area contributed by atoms with Crippen LogP contribution >= 0.6 is 0 Å². The maximum absolute atomic E-state index is 3.46. The molecule has 0 amide bonds. The Labute approximate surface area is 134 Å². The van der Waals surface area contributed by atoms with Gasteiger partial charge in [-0.25, -0.2) is 0 Å². The smallest absolute Gasteiger partial charge is 0.0551 e. The number of rotatable bonds is 2. The molecule has 0 fully saturated rings. The van der Waals surface area contributed by atoms with Gasteiger partial charge in [0.2, 0.25) is 0 Å². The van der Waals surface area contributed by atoms with E-state index in [1.807, 2.05) is 19.1 Å². The molecule has 0 nitrogen and oxygen atoms in total. The van der Waals surface area contributed by atoms with Gasteiger partial charge in [0.25, 0.3) is 0 Å². The van der Waals surface area contributed by atoms with Crippen molar-refractivity contribution in [3.63, 3.8) is 0 Å². The average molecular weight is 303 g/mol. The van der Waals surface area contributed by atoms with Crippen molar-refractivity contribution in [2.24, 2.45) is 0 Å². The van der Waals surface area contributed by atoms with Crippen molar-refractivity contribution in [3.8, 4) is 0 Å². The van der Waals surface area contributed by atoms with Crippen LogP contribution in [0.25, 0.3) is 6.08 Å². The van der Waals surface area contributed by atoms with E-state index in [0.717, 1.165) is 5.54 Å². The summed E-state index contributed by atoms with van der Waals surface area (Å²) in [6.07, 6.45) is 7.92. The second kappa shape index (κ2) is 9.30. The summed E-state index contributed by atoms with van der Waals surface area (Å²) in [6, 6.07) is 8.79. The molecular formula is C17H23SiTi. The Balaban J connectivity index is 0.000000471. The Morgan fingerprint density at radius 1 is 1.21 bits per heavy atom. The number of benzene rings is 1. The molecule has 0 saturated heterocycles. The van der Waals surface area contributed by atoms with Crippen LogP contribution in [0.3, 0.4) is 0 Å². The third-order valence-corrected chi connectivity index (χ3v) is 4.97. The van der Waals surface area contributed by atoms with E-state index < -0.39 is 0 Å². The van der Waals surface area contributed by atoms with E-state index in [9.17, 15) is 0 Å². The summed E-state index contributed by atoms with van der Waals surface area (Å²) in [4.78, 5) is 0. The Morgan fingerprint density at radius 3 is 2.32 bits per heavy atom. The van der Waals surface area contributed by atoms with E-state index in [4.69, 9.17) is 0 Å². The van der Waals surface area contributed by atoms with Crippen molar-refractivity contribution in [1.29, 1.82) is 0 Å². The minimum atomic E-state index is -0.241. The zero-order valence-corrected chi connectivity index (χ0v) is 15.0. The van der Waals surface area contributed by atoms with Gasteiger partial charge >= 0.3 is 0 Å². The first-order chi connectivity index (χ1) is 8.61. The van der Waals surface area contributed by atoms with Crippen molar-refractivity contribution in [3.05, 3.63) is 65.8 Å². The molecule has 99 valence electrons. The number of allylic oxidation sites excluding steroid dienone is 4. The van der Waals surface area contributed by atoms with Crippen LogP contribution in [0.15, 0.2) is 54.6 Å². The van der Waals surface area contributed by atoms with Gasteiger partial charge in [0.1, 0.15) is 0 Å². The number of hydrogen-bond acceptors (Lipinski definition) is 0. The van der Waals surface area contributed by atoms with Gasteiger partial charge in [0, 0.05) is 21.7 Å². The van der Waals surface area contributed by atoms with Crippen LogP contribution in [-0.4, -0.2) is 8.80 Å². The molecule has 19 heavy (non-hydrogen) atoms. The van der Waals surface area contributed by atoms with Crippen molar-refractivity contribution in [2.75, 3.05) is 0 Å².